The third-order valence-electron chi connectivity index (χ3n) is 4.55. The molecule has 1 aromatic carbocycles. The Labute approximate surface area is 170 Å². The molecule has 0 radical (unpaired) electrons. The third kappa shape index (κ3) is 8.30. The molecule has 1 unspecified atom stereocenters. The summed E-state index contributed by atoms with van der Waals surface area (Å²) < 4.78 is 0. The van der Waals surface area contributed by atoms with E-state index in [9.17, 15) is 0 Å². The Kier molecular flexibility index (Phi) is 10.2. The number of nitrogens with zero attached hydrogens (tertiary/aromatic N) is 2. The van der Waals surface area contributed by atoms with E-state index < -0.39 is 0 Å². The van der Waals surface area contributed by atoms with Gasteiger partial charge in [0.2, 0.25) is 0 Å². The third-order valence-corrected chi connectivity index (χ3v) is 5.68. The van der Waals surface area contributed by atoms with Crippen LogP contribution in [0, 0.1) is 0 Å². The van der Waals surface area contributed by atoms with Crippen molar-refractivity contribution in [2.45, 2.75) is 71.8 Å². The minimum absolute atomic E-state index is 0.379. The van der Waals surface area contributed by atoms with Crippen LogP contribution in [0.1, 0.15) is 65.7 Å². The fraction of sp³-hybridized carbons (Fsp3) is 0.500. The van der Waals surface area contributed by atoms with E-state index in [0.717, 1.165) is 22.9 Å². The predicted molar refractivity (Wildman–Crippen MR) is 124 cm³/mol. The Hall–Kier alpha value is -1.61. The van der Waals surface area contributed by atoms with Crippen LogP contribution in [0.4, 0.5) is 5.69 Å². The molecular weight excluding hydrogens is 348 g/mol. The van der Waals surface area contributed by atoms with Crippen LogP contribution in [0.2, 0.25) is 0 Å². The quantitative estimate of drug-likeness (QED) is 0.286. The van der Waals surface area contributed by atoms with Crippen LogP contribution >= 0.6 is 11.8 Å². The molecule has 0 aliphatic heterocycles. The van der Waals surface area contributed by atoms with Gasteiger partial charge in [-0.2, -0.15) is 0 Å². The van der Waals surface area contributed by atoms with Crippen molar-refractivity contribution in [3.8, 4) is 0 Å². The van der Waals surface area contributed by atoms with Gasteiger partial charge in [0.05, 0.1) is 17.1 Å². The van der Waals surface area contributed by atoms with E-state index >= 15 is 0 Å². The zero-order valence-electron chi connectivity index (χ0n) is 17.2. The minimum Gasteiger partial charge on any atom is -0.281 e. The number of hydrogen-bond acceptors (Lipinski definition) is 3. The second-order valence-electron chi connectivity index (χ2n) is 7.13. The van der Waals surface area contributed by atoms with E-state index in [1.807, 2.05) is 42.1 Å². The van der Waals surface area contributed by atoms with Gasteiger partial charge in [-0.05, 0) is 55.9 Å². The highest BCUT2D eigenvalue weighted by atomic mass is 32.2. The molecule has 0 bridgehead atoms. The molecule has 1 aliphatic rings. The monoisotopic (exact) mass is 382 g/mol. The maximum absolute atomic E-state index is 5.02. The first-order valence-corrected chi connectivity index (χ1v) is 11.5. The van der Waals surface area contributed by atoms with E-state index in [1.54, 1.807) is 0 Å². The summed E-state index contributed by atoms with van der Waals surface area (Å²) in [6.45, 7) is 6.75. The molecule has 0 amide bonds. The lowest BCUT2D eigenvalue weighted by Crippen LogP contribution is -2.10. The van der Waals surface area contributed by atoms with Gasteiger partial charge in [-0.1, -0.05) is 64.2 Å². The minimum atomic E-state index is 0.379. The Morgan fingerprint density at radius 1 is 0.926 bits per heavy atom. The summed E-state index contributed by atoms with van der Waals surface area (Å²) in [6, 6.07) is 10.5. The molecule has 27 heavy (non-hydrogen) atoms. The SMILES string of the molecule is CCCCCCC(C)N=C1C=CC(=Nc2ccccc2)C=C1SCCCC. The van der Waals surface area contributed by atoms with E-state index in [2.05, 4.69) is 39.0 Å². The molecule has 2 rings (SSSR count). The fourth-order valence-corrected chi connectivity index (χ4v) is 4.07. The highest BCUT2D eigenvalue weighted by Gasteiger charge is 2.13. The van der Waals surface area contributed by atoms with Crippen molar-refractivity contribution in [2.24, 2.45) is 9.98 Å². The van der Waals surface area contributed by atoms with Crippen LogP contribution < -0.4 is 0 Å². The number of hydrogen-bond donors (Lipinski definition) is 0. The molecule has 0 fully saturated rings. The van der Waals surface area contributed by atoms with Gasteiger partial charge < -0.3 is 0 Å². The molecule has 1 aromatic rings. The molecule has 0 aromatic heterocycles. The van der Waals surface area contributed by atoms with Gasteiger partial charge >= 0.3 is 0 Å². The summed E-state index contributed by atoms with van der Waals surface area (Å²) in [5.74, 6) is 1.14. The zero-order chi connectivity index (χ0) is 19.3. The van der Waals surface area contributed by atoms with Crippen LogP contribution in [0.5, 0.6) is 0 Å². The van der Waals surface area contributed by atoms with Crippen molar-refractivity contribution < 1.29 is 0 Å². The first-order valence-electron chi connectivity index (χ1n) is 10.5. The van der Waals surface area contributed by atoms with Gasteiger partial charge in [0.25, 0.3) is 0 Å². The van der Waals surface area contributed by atoms with Crippen molar-refractivity contribution in [3.05, 3.63) is 53.5 Å². The molecule has 0 saturated carbocycles. The number of thioether (sulfide) groups is 1. The zero-order valence-corrected chi connectivity index (χ0v) is 18.0. The van der Waals surface area contributed by atoms with Crippen LogP contribution in [-0.4, -0.2) is 23.2 Å². The highest BCUT2D eigenvalue weighted by Crippen LogP contribution is 2.25. The first kappa shape index (κ1) is 21.7. The summed E-state index contributed by atoms with van der Waals surface area (Å²) in [5, 5.41) is 0. The van der Waals surface area contributed by atoms with Gasteiger partial charge in [0.1, 0.15) is 0 Å². The smallest absolute Gasteiger partial charge is 0.0714 e. The molecule has 3 heteroatoms. The summed E-state index contributed by atoms with van der Waals surface area (Å²) in [7, 11) is 0. The average Bonchev–Trinajstić information content (AvgIpc) is 2.68. The Bertz CT molecular complexity index is 671. The molecule has 0 N–H and O–H groups in total. The summed E-state index contributed by atoms with van der Waals surface area (Å²) in [5.41, 5.74) is 3.14. The second kappa shape index (κ2) is 12.7. The van der Waals surface area contributed by atoms with Crippen molar-refractivity contribution in [2.75, 3.05) is 5.75 Å². The average molecular weight is 383 g/mol. The van der Waals surface area contributed by atoms with Crippen LogP contribution in [-0.2, 0) is 0 Å². The maximum atomic E-state index is 5.02. The van der Waals surface area contributed by atoms with Gasteiger partial charge in [0.15, 0.2) is 0 Å². The Morgan fingerprint density at radius 3 is 2.44 bits per heavy atom. The molecule has 1 aliphatic carbocycles. The van der Waals surface area contributed by atoms with Crippen molar-refractivity contribution in [1.29, 1.82) is 0 Å². The van der Waals surface area contributed by atoms with Gasteiger partial charge in [-0.25, -0.2) is 4.99 Å². The molecular formula is C24H34N2S. The maximum Gasteiger partial charge on any atom is 0.0714 e. The van der Waals surface area contributed by atoms with Crippen molar-refractivity contribution >= 4 is 28.9 Å². The van der Waals surface area contributed by atoms with Gasteiger partial charge in [-0.15, -0.1) is 11.8 Å². The molecule has 146 valence electrons. The summed E-state index contributed by atoms with van der Waals surface area (Å²) in [6.07, 6.45) is 15.3. The van der Waals surface area contributed by atoms with Gasteiger partial charge in [0, 0.05) is 10.9 Å². The van der Waals surface area contributed by atoms with Crippen LogP contribution in [0.15, 0.2) is 63.4 Å². The molecule has 2 nitrogen and oxygen atoms in total. The van der Waals surface area contributed by atoms with Crippen molar-refractivity contribution in [3.63, 3.8) is 0 Å². The normalized spacial score (nSPS) is 18.1. The summed E-state index contributed by atoms with van der Waals surface area (Å²) >= 11 is 1.92. The van der Waals surface area contributed by atoms with Crippen molar-refractivity contribution in [1.82, 2.24) is 0 Å². The highest BCUT2D eigenvalue weighted by molar-refractivity contribution is 8.04. The molecule has 0 heterocycles. The number of para-hydroxylation sites is 1. The lowest BCUT2D eigenvalue weighted by Gasteiger charge is -2.15. The summed E-state index contributed by atoms with van der Waals surface area (Å²) in [4.78, 5) is 11.1. The number of allylic oxidation sites excluding steroid dienone is 4. The standard InChI is InChI=1S/C24H34N2S/c1-4-6-8-10-13-20(3)25-23-17-16-22(19-24(23)27-18-7-5-2)26-21-14-11-9-12-15-21/h9,11-12,14-17,19-20H,4-8,10,13,18H2,1-3H3. The van der Waals surface area contributed by atoms with E-state index in [-0.39, 0.29) is 0 Å². The Balaban J connectivity index is 2.09. The predicted octanol–water partition coefficient (Wildman–Crippen LogP) is 7.55. The lowest BCUT2D eigenvalue weighted by atomic mass is 10.1. The molecule has 0 spiro atoms. The fourth-order valence-electron chi connectivity index (χ4n) is 2.94. The van der Waals surface area contributed by atoms with Crippen LogP contribution in [0.25, 0.3) is 0 Å². The van der Waals surface area contributed by atoms with E-state index in [4.69, 9.17) is 9.98 Å². The van der Waals surface area contributed by atoms with E-state index in [1.165, 1.54) is 49.9 Å². The number of aliphatic imine (C=N–C) groups is 2. The topological polar surface area (TPSA) is 24.7 Å². The molecule has 1 atom stereocenters. The van der Waals surface area contributed by atoms with E-state index in [0.29, 0.717) is 6.04 Å². The number of rotatable bonds is 11. The number of benzene rings is 1. The Morgan fingerprint density at radius 2 is 1.70 bits per heavy atom. The second-order valence-corrected chi connectivity index (χ2v) is 8.27. The molecule has 0 saturated heterocycles. The van der Waals surface area contributed by atoms with Crippen LogP contribution in [0.3, 0.4) is 0 Å². The van der Waals surface area contributed by atoms with Gasteiger partial charge in [-0.3, -0.25) is 4.99 Å². The lowest BCUT2D eigenvalue weighted by molar-refractivity contribution is 0.577. The largest absolute Gasteiger partial charge is 0.281 e. The first-order chi connectivity index (χ1) is 13.2. The number of unbranched alkanes of at least 4 members (excludes halogenated alkanes) is 4.